The minimum atomic E-state index is -1.28. The molecule has 0 radical (unpaired) electrons. The number of carbonyl (C=O) groups is 3. The highest BCUT2D eigenvalue weighted by molar-refractivity contribution is 5.98. The molecule has 0 bridgehead atoms. The monoisotopic (exact) mass is 280 g/mol. The van der Waals surface area contributed by atoms with Gasteiger partial charge in [-0.15, -0.1) is 0 Å². The molecule has 0 saturated carbocycles. The summed E-state index contributed by atoms with van der Waals surface area (Å²) in [5, 5.41) is 17.7. The van der Waals surface area contributed by atoms with Crippen molar-refractivity contribution >= 4 is 17.8 Å². The Balaban J connectivity index is 2.63. The lowest BCUT2D eigenvalue weighted by molar-refractivity contribution is -0.131. The van der Waals surface area contributed by atoms with Crippen molar-refractivity contribution in [3.63, 3.8) is 0 Å². The number of phenols is 1. The van der Waals surface area contributed by atoms with Gasteiger partial charge in [-0.25, -0.2) is 4.79 Å². The molecule has 1 aromatic rings. The molecular formula is C12H12N2O6. The number of phenolic OH excluding ortho intramolecular Hbond substituents is 1. The number of benzene rings is 1. The van der Waals surface area contributed by atoms with Gasteiger partial charge in [-0.1, -0.05) is 0 Å². The van der Waals surface area contributed by atoms with E-state index in [4.69, 9.17) is 9.84 Å². The van der Waals surface area contributed by atoms with Crippen molar-refractivity contribution < 1.29 is 29.3 Å². The van der Waals surface area contributed by atoms with Gasteiger partial charge in [0.25, 0.3) is 11.8 Å². The number of carboxylic acids is 1. The van der Waals surface area contributed by atoms with Gasteiger partial charge in [0.05, 0.1) is 7.11 Å². The highest BCUT2D eigenvalue weighted by Gasteiger charge is 2.10. The molecule has 4 N–H and O–H groups in total. The first-order chi connectivity index (χ1) is 9.43. The van der Waals surface area contributed by atoms with Crippen molar-refractivity contribution in [2.45, 2.75) is 0 Å². The predicted molar refractivity (Wildman–Crippen MR) is 67.0 cm³/mol. The average Bonchev–Trinajstić information content (AvgIpc) is 2.42. The van der Waals surface area contributed by atoms with Crippen LogP contribution in [-0.2, 0) is 9.59 Å². The Bertz CT molecular complexity index is 567. The Morgan fingerprint density at radius 3 is 2.50 bits per heavy atom. The second kappa shape index (κ2) is 6.78. The lowest BCUT2D eigenvalue weighted by Crippen LogP contribution is -2.40. The van der Waals surface area contributed by atoms with Gasteiger partial charge in [0.1, 0.15) is 0 Å². The molecule has 0 fully saturated rings. The fourth-order valence-corrected chi connectivity index (χ4v) is 1.20. The second-order valence-electron chi connectivity index (χ2n) is 3.50. The number of methoxy groups -OCH3 is 1. The minimum absolute atomic E-state index is 0.106. The number of carbonyl (C=O) groups excluding carboxylic acids is 2. The first-order valence-electron chi connectivity index (χ1n) is 5.32. The molecule has 20 heavy (non-hydrogen) atoms. The molecule has 106 valence electrons. The van der Waals surface area contributed by atoms with Crippen molar-refractivity contribution in [1.82, 2.24) is 10.9 Å². The lowest BCUT2D eigenvalue weighted by Gasteiger charge is -2.07. The van der Waals surface area contributed by atoms with Crippen LogP contribution in [0.5, 0.6) is 11.5 Å². The molecular weight excluding hydrogens is 268 g/mol. The van der Waals surface area contributed by atoms with Crippen LogP contribution in [0.2, 0.25) is 0 Å². The SMILES string of the molecule is COc1cc(C(=O)NNC(=O)/C=C\C(=O)O)ccc1O. The van der Waals surface area contributed by atoms with E-state index in [1.54, 1.807) is 0 Å². The summed E-state index contributed by atoms with van der Waals surface area (Å²) in [5.41, 5.74) is 4.21. The van der Waals surface area contributed by atoms with E-state index in [1.807, 2.05) is 5.43 Å². The summed E-state index contributed by atoms with van der Waals surface area (Å²) >= 11 is 0. The van der Waals surface area contributed by atoms with Gasteiger partial charge < -0.3 is 14.9 Å². The Kier molecular flexibility index (Phi) is 5.10. The smallest absolute Gasteiger partial charge is 0.328 e. The van der Waals surface area contributed by atoms with Gasteiger partial charge in [-0.05, 0) is 18.2 Å². The zero-order valence-corrected chi connectivity index (χ0v) is 10.4. The predicted octanol–water partition coefficient (Wildman–Crippen LogP) is -0.197. The number of rotatable bonds is 4. The fourth-order valence-electron chi connectivity index (χ4n) is 1.20. The van der Waals surface area contributed by atoms with E-state index < -0.39 is 17.8 Å². The van der Waals surface area contributed by atoms with Crippen LogP contribution in [0.1, 0.15) is 10.4 Å². The zero-order valence-electron chi connectivity index (χ0n) is 10.4. The van der Waals surface area contributed by atoms with Crippen LogP contribution >= 0.6 is 0 Å². The average molecular weight is 280 g/mol. The summed E-state index contributed by atoms with van der Waals surface area (Å²) in [6, 6.07) is 3.87. The van der Waals surface area contributed by atoms with Crippen LogP contribution in [-0.4, -0.2) is 35.1 Å². The largest absolute Gasteiger partial charge is 0.504 e. The number of hydrazine groups is 1. The summed E-state index contributed by atoms with van der Waals surface area (Å²) in [7, 11) is 1.33. The number of carboxylic acid groups (broad SMARTS) is 1. The first kappa shape index (κ1) is 15.0. The Labute approximate surface area is 113 Å². The summed E-state index contributed by atoms with van der Waals surface area (Å²) in [5.74, 6) is -2.76. The summed E-state index contributed by atoms with van der Waals surface area (Å²) in [6.45, 7) is 0. The summed E-state index contributed by atoms with van der Waals surface area (Å²) in [4.78, 5) is 33.0. The van der Waals surface area contributed by atoms with Gasteiger partial charge >= 0.3 is 5.97 Å². The number of ether oxygens (including phenoxy) is 1. The molecule has 1 aromatic carbocycles. The third-order valence-electron chi connectivity index (χ3n) is 2.12. The van der Waals surface area contributed by atoms with Crippen LogP contribution in [0.25, 0.3) is 0 Å². The zero-order chi connectivity index (χ0) is 15.1. The molecule has 0 aliphatic carbocycles. The molecule has 0 aromatic heterocycles. The molecule has 0 atom stereocenters. The van der Waals surface area contributed by atoms with Crippen molar-refractivity contribution in [2.24, 2.45) is 0 Å². The van der Waals surface area contributed by atoms with Crippen LogP contribution < -0.4 is 15.6 Å². The molecule has 2 amide bonds. The maximum absolute atomic E-state index is 11.7. The number of hydrogen-bond acceptors (Lipinski definition) is 5. The van der Waals surface area contributed by atoms with E-state index in [2.05, 4.69) is 5.43 Å². The van der Waals surface area contributed by atoms with Crippen LogP contribution in [0.3, 0.4) is 0 Å². The Morgan fingerprint density at radius 1 is 1.20 bits per heavy atom. The number of hydrogen-bond donors (Lipinski definition) is 4. The number of aliphatic carboxylic acids is 1. The molecule has 0 spiro atoms. The third-order valence-corrected chi connectivity index (χ3v) is 2.12. The topological polar surface area (TPSA) is 125 Å². The standard InChI is InChI=1S/C12H12N2O6/c1-20-9-6-7(2-3-8(9)15)12(19)14-13-10(16)4-5-11(17)18/h2-6,15H,1H3,(H,13,16)(H,14,19)(H,17,18)/b5-4-. The molecule has 0 saturated heterocycles. The quantitative estimate of drug-likeness (QED) is 0.447. The molecule has 0 heterocycles. The van der Waals surface area contributed by atoms with Crippen LogP contribution in [0, 0.1) is 0 Å². The van der Waals surface area contributed by atoms with Gasteiger partial charge in [0.2, 0.25) is 0 Å². The highest BCUT2D eigenvalue weighted by atomic mass is 16.5. The molecule has 8 nitrogen and oxygen atoms in total. The van der Waals surface area contributed by atoms with E-state index >= 15 is 0 Å². The summed E-state index contributed by atoms with van der Waals surface area (Å²) < 4.78 is 4.83. The van der Waals surface area contributed by atoms with Crippen molar-refractivity contribution in [1.29, 1.82) is 0 Å². The Morgan fingerprint density at radius 2 is 1.90 bits per heavy atom. The van der Waals surface area contributed by atoms with Gasteiger partial charge in [0, 0.05) is 17.7 Å². The van der Waals surface area contributed by atoms with E-state index in [0.717, 1.165) is 6.08 Å². The first-order valence-corrected chi connectivity index (χ1v) is 5.32. The molecule has 8 heteroatoms. The number of amides is 2. The van der Waals surface area contributed by atoms with Crippen molar-refractivity contribution in [3.8, 4) is 11.5 Å². The Hall–Kier alpha value is -3.03. The van der Waals surface area contributed by atoms with Crippen LogP contribution in [0.4, 0.5) is 0 Å². The number of nitrogens with one attached hydrogen (secondary N) is 2. The third kappa shape index (κ3) is 4.33. The summed E-state index contributed by atoms with van der Waals surface area (Å²) in [6.07, 6.45) is 1.38. The van der Waals surface area contributed by atoms with E-state index in [0.29, 0.717) is 6.08 Å². The van der Waals surface area contributed by atoms with Gasteiger partial charge in [0.15, 0.2) is 11.5 Å². The van der Waals surface area contributed by atoms with E-state index in [-0.39, 0.29) is 17.1 Å². The maximum atomic E-state index is 11.7. The minimum Gasteiger partial charge on any atom is -0.504 e. The van der Waals surface area contributed by atoms with Gasteiger partial charge in [-0.3, -0.25) is 20.4 Å². The highest BCUT2D eigenvalue weighted by Crippen LogP contribution is 2.25. The fraction of sp³-hybridized carbons (Fsp3) is 0.0833. The van der Waals surface area contributed by atoms with Crippen LogP contribution in [0.15, 0.2) is 30.4 Å². The van der Waals surface area contributed by atoms with E-state index in [1.165, 1.54) is 25.3 Å². The molecule has 0 unspecified atom stereocenters. The lowest BCUT2D eigenvalue weighted by atomic mass is 10.2. The molecule has 0 aliphatic heterocycles. The van der Waals surface area contributed by atoms with Crippen molar-refractivity contribution in [3.05, 3.63) is 35.9 Å². The number of aromatic hydroxyl groups is 1. The molecule has 1 rings (SSSR count). The van der Waals surface area contributed by atoms with Crippen molar-refractivity contribution in [2.75, 3.05) is 7.11 Å². The normalized spacial score (nSPS) is 10.1. The maximum Gasteiger partial charge on any atom is 0.328 e. The molecule has 0 aliphatic rings. The van der Waals surface area contributed by atoms with E-state index in [9.17, 15) is 19.5 Å². The van der Waals surface area contributed by atoms with Gasteiger partial charge in [-0.2, -0.15) is 0 Å². The second-order valence-corrected chi connectivity index (χ2v) is 3.50.